The maximum Gasteiger partial charge on any atom is 0.255 e. The van der Waals surface area contributed by atoms with Gasteiger partial charge in [0.05, 0.1) is 12.5 Å². The first kappa shape index (κ1) is 12.5. The lowest BCUT2D eigenvalue weighted by Gasteiger charge is -2.15. The van der Waals surface area contributed by atoms with Crippen molar-refractivity contribution in [2.45, 2.75) is 40.7 Å². The predicted molar refractivity (Wildman–Crippen MR) is 64.3 cm³/mol. The van der Waals surface area contributed by atoms with Crippen molar-refractivity contribution in [1.29, 1.82) is 5.26 Å². The fraction of sp³-hybridized carbons (Fsp3) is 0.538. The van der Waals surface area contributed by atoms with E-state index in [9.17, 15) is 4.79 Å². The van der Waals surface area contributed by atoms with Gasteiger partial charge < -0.3 is 4.57 Å². The zero-order valence-corrected chi connectivity index (χ0v) is 10.4. The van der Waals surface area contributed by atoms with Gasteiger partial charge in [0.25, 0.3) is 5.56 Å². The molecule has 1 heterocycles. The van der Waals surface area contributed by atoms with Crippen LogP contribution in [0.25, 0.3) is 0 Å². The Labute approximate surface area is 96.3 Å². The van der Waals surface area contributed by atoms with Crippen molar-refractivity contribution in [3.63, 3.8) is 0 Å². The Balaban J connectivity index is 3.34. The Hall–Kier alpha value is -1.56. The van der Waals surface area contributed by atoms with Gasteiger partial charge >= 0.3 is 0 Å². The Morgan fingerprint density at radius 2 is 2.06 bits per heavy atom. The molecule has 0 unspecified atom stereocenters. The summed E-state index contributed by atoms with van der Waals surface area (Å²) in [6.07, 6.45) is 0.197. The van der Waals surface area contributed by atoms with Gasteiger partial charge in [0.15, 0.2) is 0 Å². The van der Waals surface area contributed by atoms with Crippen molar-refractivity contribution < 1.29 is 0 Å². The first-order chi connectivity index (χ1) is 7.47. The van der Waals surface area contributed by atoms with Crippen LogP contribution >= 0.6 is 0 Å². The first-order valence-corrected chi connectivity index (χ1v) is 5.54. The van der Waals surface area contributed by atoms with E-state index in [1.807, 2.05) is 19.9 Å². The van der Waals surface area contributed by atoms with E-state index in [1.54, 1.807) is 4.57 Å². The van der Waals surface area contributed by atoms with Crippen LogP contribution in [0.2, 0.25) is 0 Å². The highest BCUT2D eigenvalue weighted by atomic mass is 16.1. The van der Waals surface area contributed by atoms with Crippen LogP contribution in [0.4, 0.5) is 0 Å². The second-order valence-electron chi connectivity index (χ2n) is 4.59. The summed E-state index contributed by atoms with van der Waals surface area (Å²) in [6, 6.07) is 4.03. The standard InChI is InChI=1S/C13H18N2O/c1-9(2)8-15-11(4)7-10(3)12(5-6-14)13(15)16/h7,9H,5,8H2,1-4H3. The molecule has 1 aromatic rings. The van der Waals surface area contributed by atoms with Gasteiger partial charge in [-0.1, -0.05) is 13.8 Å². The van der Waals surface area contributed by atoms with Crippen molar-refractivity contribution in [2.75, 3.05) is 0 Å². The molecule has 1 rings (SSSR count). The molecule has 0 N–H and O–H groups in total. The highest BCUT2D eigenvalue weighted by molar-refractivity contribution is 5.28. The molecule has 0 aliphatic carbocycles. The van der Waals surface area contributed by atoms with E-state index >= 15 is 0 Å². The van der Waals surface area contributed by atoms with Gasteiger partial charge in [-0.2, -0.15) is 5.26 Å². The lowest BCUT2D eigenvalue weighted by Crippen LogP contribution is -2.28. The Kier molecular flexibility index (Phi) is 3.89. The Bertz CT molecular complexity index is 478. The minimum Gasteiger partial charge on any atom is -0.312 e. The maximum atomic E-state index is 12.1. The lowest BCUT2D eigenvalue weighted by molar-refractivity contribution is 0.499. The summed E-state index contributed by atoms with van der Waals surface area (Å²) >= 11 is 0. The van der Waals surface area contributed by atoms with Crippen molar-refractivity contribution in [3.8, 4) is 6.07 Å². The van der Waals surface area contributed by atoms with Crippen LogP contribution in [0, 0.1) is 31.1 Å². The molecule has 0 bridgehead atoms. The highest BCUT2D eigenvalue weighted by Crippen LogP contribution is 2.08. The number of nitrogens with zero attached hydrogens (tertiary/aromatic N) is 2. The molecule has 1 aromatic heterocycles. The number of pyridine rings is 1. The second kappa shape index (κ2) is 4.98. The number of hydrogen-bond donors (Lipinski definition) is 0. The Morgan fingerprint density at radius 3 is 2.56 bits per heavy atom. The predicted octanol–water partition coefficient (Wildman–Crippen LogP) is 2.19. The average Bonchev–Trinajstić information content (AvgIpc) is 2.19. The number of aromatic nitrogens is 1. The molecule has 86 valence electrons. The van der Waals surface area contributed by atoms with Gasteiger partial charge in [-0.15, -0.1) is 0 Å². The molecule has 0 amide bonds. The molecule has 0 spiro atoms. The molecule has 3 nitrogen and oxygen atoms in total. The molecule has 0 saturated heterocycles. The van der Waals surface area contributed by atoms with Crippen molar-refractivity contribution >= 4 is 0 Å². The maximum absolute atomic E-state index is 12.1. The van der Waals surface area contributed by atoms with Gasteiger partial charge in [0.1, 0.15) is 0 Å². The topological polar surface area (TPSA) is 45.8 Å². The van der Waals surface area contributed by atoms with Crippen LogP contribution in [0.5, 0.6) is 0 Å². The zero-order valence-electron chi connectivity index (χ0n) is 10.4. The van der Waals surface area contributed by atoms with Crippen molar-refractivity contribution in [1.82, 2.24) is 4.57 Å². The lowest BCUT2D eigenvalue weighted by atomic mass is 10.1. The molecule has 0 aromatic carbocycles. The van der Waals surface area contributed by atoms with Crippen LogP contribution in [-0.4, -0.2) is 4.57 Å². The smallest absolute Gasteiger partial charge is 0.255 e. The van der Waals surface area contributed by atoms with E-state index in [0.717, 1.165) is 11.3 Å². The van der Waals surface area contributed by atoms with E-state index in [-0.39, 0.29) is 12.0 Å². The summed E-state index contributed by atoms with van der Waals surface area (Å²) in [5.74, 6) is 0.425. The SMILES string of the molecule is Cc1cc(C)n(CC(C)C)c(=O)c1CC#N. The van der Waals surface area contributed by atoms with Gasteiger partial charge in [0, 0.05) is 17.8 Å². The molecule has 0 saturated carbocycles. The third-order valence-corrected chi connectivity index (χ3v) is 2.63. The van der Waals surface area contributed by atoms with Gasteiger partial charge in [-0.3, -0.25) is 4.79 Å². The van der Waals surface area contributed by atoms with Crippen LogP contribution in [-0.2, 0) is 13.0 Å². The van der Waals surface area contributed by atoms with E-state index in [1.165, 1.54) is 0 Å². The minimum absolute atomic E-state index is 0.00671. The molecule has 0 fully saturated rings. The normalized spacial score (nSPS) is 10.5. The largest absolute Gasteiger partial charge is 0.312 e. The van der Waals surface area contributed by atoms with Crippen LogP contribution in [0.15, 0.2) is 10.9 Å². The molecule has 16 heavy (non-hydrogen) atoms. The van der Waals surface area contributed by atoms with E-state index < -0.39 is 0 Å². The first-order valence-electron chi connectivity index (χ1n) is 5.54. The summed E-state index contributed by atoms with van der Waals surface area (Å²) < 4.78 is 1.77. The van der Waals surface area contributed by atoms with Crippen LogP contribution < -0.4 is 5.56 Å². The average molecular weight is 218 g/mol. The fourth-order valence-electron chi connectivity index (χ4n) is 1.86. The molecule has 0 aliphatic heterocycles. The van der Waals surface area contributed by atoms with Gasteiger partial charge in [-0.25, -0.2) is 0 Å². The van der Waals surface area contributed by atoms with Crippen molar-refractivity contribution in [2.24, 2.45) is 5.92 Å². The Morgan fingerprint density at radius 1 is 1.44 bits per heavy atom. The number of hydrogen-bond acceptors (Lipinski definition) is 2. The van der Waals surface area contributed by atoms with Crippen LogP contribution in [0.3, 0.4) is 0 Å². The summed E-state index contributed by atoms with van der Waals surface area (Å²) in [7, 11) is 0. The molecular formula is C13H18N2O. The molecule has 0 aliphatic rings. The van der Waals surface area contributed by atoms with E-state index in [4.69, 9.17) is 5.26 Å². The third kappa shape index (κ3) is 2.52. The fourth-order valence-corrected chi connectivity index (χ4v) is 1.86. The van der Waals surface area contributed by atoms with Gasteiger partial charge in [-0.05, 0) is 31.4 Å². The second-order valence-corrected chi connectivity index (χ2v) is 4.59. The summed E-state index contributed by atoms with van der Waals surface area (Å²) in [4.78, 5) is 12.1. The van der Waals surface area contributed by atoms with Crippen LogP contribution in [0.1, 0.15) is 30.7 Å². The number of rotatable bonds is 3. The molecular weight excluding hydrogens is 200 g/mol. The van der Waals surface area contributed by atoms with E-state index in [2.05, 4.69) is 19.9 Å². The molecule has 0 atom stereocenters. The summed E-state index contributed by atoms with van der Waals surface area (Å²) in [5, 5.41) is 8.71. The summed E-state index contributed by atoms with van der Waals surface area (Å²) in [6.45, 7) is 8.70. The van der Waals surface area contributed by atoms with Gasteiger partial charge in [0.2, 0.25) is 0 Å². The minimum atomic E-state index is -0.00671. The third-order valence-electron chi connectivity index (χ3n) is 2.63. The van der Waals surface area contributed by atoms with E-state index in [0.29, 0.717) is 18.0 Å². The highest BCUT2D eigenvalue weighted by Gasteiger charge is 2.10. The quantitative estimate of drug-likeness (QED) is 0.780. The monoisotopic (exact) mass is 218 g/mol. The zero-order chi connectivity index (χ0) is 12.3. The number of aryl methyl sites for hydroxylation is 2. The summed E-state index contributed by atoms with van der Waals surface area (Å²) in [5.41, 5.74) is 2.52. The molecule has 3 heteroatoms. The number of nitriles is 1. The van der Waals surface area contributed by atoms with Crippen molar-refractivity contribution in [3.05, 3.63) is 33.2 Å². The molecule has 0 radical (unpaired) electrons.